The van der Waals surface area contributed by atoms with Crippen LogP contribution in [0.25, 0.3) is 10.8 Å². The number of carbonyl (C=O) groups excluding carboxylic acids is 1. The van der Waals surface area contributed by atoms with E-state index in [9.17, 15) is 4.79 Å². The van der Waals surface area contributed by atoms with Crippen molar-refractivity contribution in [2.75, 3.05) is 0 Å². The van der Waals surface area contributed by atoms with E-state index >= 15 is 0 Å². The molecule has 6 heteroatoms. The van der Waals surface area contributed by atoms with Gasteiger partial charge in [0.05, 0.1) is 0 Å². The van der Waals surface area contributed by atoms with Crippen LogP contribution in [0.4, 0.5) is 0 Å². The maximum absolute atomic E-state index is 12.6. The van der Waals surface area contributed by atoms with E-state index in [1.807, 2.05) is 93.6 Å². The Balaban J connectivity index is 1.78. The maximum Gasteiger partial charge on any atom is 0.323 e. The van der Waals surface area contributed by atoms with Crippen molar-refractivity contribution in [3.8, 4) is 5.75 Å². The van der Waals surface area contributed by atoms with Gasteiger partial charge in [0, 0.05) is 10.5 Å². The number of carbonyl (C=O) groups is 1. The van der Waals surface area contributed by atoms with E-state index in [2.05, 4.69) is 5.09 Å². The highest BCUT2D eigenvalue weighted by molar-refractivity contribution is 8.12. The van der Waals surface area contributed by atoms with E-state index in [1.165, 1.54) is 0 Å². The van der Waals surface area contributed by atoms with Gasteiger partial charge in [-0.25, -0.2) is 5.09 Å². The number of hydrogen-bond donors (Lipinski definition) is 1. The Morgan fingerprint density at radius 3 is 2.33 bits per heavy atom. The van der Waals surface area contributed by atoms with Crippen LogP contribution in [0.15, 0.2) is 72.8 Å². The van der Waals surface area contributed by atoms with Crippen molar-refractivity contribution in [2.24, 2.45) is 0 Å². The molecule has 0 aromatic heterocycles. The first-order chi connectivity index (χ1) is 14.2. The Morgan fingerprint density at radius 2 is 1.63 bits per heavy atom. The van der Waals surface area contributed by atoms with Crippen molar-refractivity contribution in [1.82, 2.24) is 5.09 Å². The number of ether oxygens (including phenoxy) is 1. The van der Waals surface area contributed by atoms with Crippen LogP contribution in [0, 0.1) is 0 Å². The summed E-state index contributed by atoms with van der Waals surface area (Å²) in [5.41, 5.74) is 0.945. The normalized spacial score (nSPS) is 14.7. The van der Waals surface area contributed by atoms with E-state index in [1.54, 1.807) is 6.92 Å². The molecule has 0 bridgehead atoms. The van der Waals surface area contributed by atoms with Crippen LogP contribution in [0.1, 0.15) is 33.3 Å². The van der Waals surface area contributed by atoms with Crippen molar-refractivity contribution in [1.29, 1.82) is 0 Å². The average Bonchev–Trinajstić information content (AvgIpc) is 2.72. The molecule has 1 N–H and O–H groups in total. The largest absolute Gasteiger partial charge is 0.460 e. The Kier molecular flexibility index (Phi) is 6.97. The molecule has 3 aromatic rings. The summed E-state index contributed by atoms with van der Waals surface area (Å²) in [6.45, 7) is 8.11. The average molecular weight is 442 g/mol. The van der Waals surface area contributed by atoms with Gasteiger partial charge in [-0.2, -0.15) is 0 Å². The van der Waals surface area contributed by atoms with Crippen LogP contribution in [0.3, 0.4) is 0 Å². The Morgan fingerprint density at radius 1 is 1.00 bits per heavy atom. The zero-order valence-corrected chi connectivity index (χ0v) is 19.5. The van der Waals surface area contributed by atoms with Crippen LogP contribution in [0.2, 0.25) is 0 Å². The van der Waals surface area contributed by atoms with Gasteiger partial charge in [0.25, 0.3) is 0 Å². The molecule has 0 saturated heterocycles. The minimum absolute atomic E-state index is 0.230. The van der Waals surface area contributed by atoms with Crippen molar-refractivity contribution < 1.29 is 14.1 Å². The zero-order valence-electron chi connectivity index (χ0n) is 17.8. The lowest BCUT2D eigenvalue weighted by molar-refractivity contribution is -0.146. The van der Waals surface area contributed by atoms with Gasteiger partial charge in [-0.05, 0) is 35.7 Å². The summed E-state index contributed by atoms with van der Waals surface area (Å²) in [5.74, 6) is 0.377. The number of esters is 1. The molecule has 0 aliphatic carbocycles. The third kappa shape index (κ3) is 5.28. The fourth-order valence-corrected chi connectivity index (χ4v) is 5.41. The van der Waals surface area contributed by atoms with Crippen molar-refractivity contribution in [3.63, 3.8) is 0 Å². The quantitative estimate of drug-likeness (QED) is 0.357. The van der Waals surface area contributed by atoms with E-state index in [0.29, 0.717) is 0 Å². The molecule has 0 radical (unpaired) electrons. The Bertz CT molecular complexity index is 1060. The van der Waals surface area contributed by atoms with Gasteiger partial charge >= 0.3 is 5.97 Å². The molecular weight excluding hydrogens is 413 g/mol. The molecule has 0 heterocycles. The minimum atomic E-state index is -2.65. The second-order valence-corrected chi connectivity index (χ2v) is 12.7. The highest BCUT2D eigenvalue weighted by Gasteiger charge is 2.37. The number of hydrogen-bond acceptors (Lipinski definition) is 4. The van der Waals surface area contributed by atoms with Crippen molar-refractivity contribution in [2.45, 2.75) is 45.5 Å². The summed E-state index contributed by atoms with van der Waals surface area (Å²) >= 11 is 6.03. The molecule has 3 aromatic carbocycles. The SMILES string of the molecule is C[C@H](NP(=S)(Oc1cccc2ccccc12)C(C)(C)C)C(=O)OCc1ccccc1. The van der Waals surface area contributed by atoms with Crippen LogP contribution in [-0.2, 0) is 27.9 Å². The third-order valence-corrected chi connectivity index (χ3v) is 9.93. The second-order valence-electron chi connectivity index (χ2n) is 8.23. The lowest BCUT2D eigenvalue weighted by Crippen LogP contribution is -2.39. The second kappa shape index (κ2) is 9.30. The number of benzene rings is 3. The Hall–Kier alpha value is -2.20. The van der Waals surface area contributed by atoms with E-state index < -0.39 is 12.5 Å². The molecule has 158 valence electrons. The molecule has 0 fully saturated rings. The van der Waals surface area contributed by atoms with Gasteiger partial charge in [-0.3, -0.25) is 4.79 Å². The van der Waals surface area contributed by atoms with Crippen LogP contribution in [0.5, 0.6) is 5.75 Å². The van der Waals surface area contributed by atoms with E-state index in [-0.39, 0.29) is 17.7 Å². The fraction of sp³-hybridized carbons (Fsp3) is 0.292. The van der Waals surface area contributed by atoms with Gasteiger partial charge in [-0.1, -0.05) is 87.5 Å². The molecule has 4 nitrogen and oxygen atoms in total. The summed E-state index contributed by atoms with van der Waals surface area (Å²) in [5, 5.41) is 5.03. The molecule has 0 amide bonds. The van der Waals surface area contributed by atoms with Gasteiger partial charge in [0.15, 0.2) is 6.42 Å². The molecule has 0 saturated carbocycles. The standard InChI is InChI=1S/C24H28NO3PS/c1-18(23(26)27-17-19-11-6-5-7-12-19)25-29(30,24(2,3)4)28-22-16-10-14-20-13-8-9-15-21(20)22/h5-16,18H,17H2,1-4H3,(H,25,30)/t18-,29?/m0/s1. The first-order valence-electron chi connectivity index (χ1n) is 9.95. The number of rotatable bonds is 7. The number of nitrogens with one attached hydrogen (secondary N) is 1. The Labute approximate surface area is 183 Å². The third-order valence-electron chi connectivity index (χ3n) is 4.80. The molecule has 0 spiro atoms. The first-order valence-corrected chi connectivity index (χ1v) is 12.7. The van der Waals surface area contributed by atoms with Crippen LogP contribution in [-0.4, -0.2) is 17.2 Å². The van der Waals surface area contributed by atoms with E-state index in [4.69, 9.17) is 21.1 Å². The molecule has 3 rings (SSSR count). The van der Waals surface area contributed by atoms with E-state index in [0.717, 1.165) is 22.1 Å². The van der Waals surface area contributed by atoms with Crippen LogP contribution >= 0.6 is 6.42 Å². The number of fused-ring (bicyclic) bond motifs is 1. The summed E-state index contributed by atoms with van der Waals surface area (Å²) in [6.07, 6.45) is -2.65. The fourth-order valence-electron chi connectivity index (χ4n) is 2.93. The molecule has 0 aliphatic rings. The molecule has 30 heavy (non-hydrogen) atoms. The van der Waals surface area contributed by atoms with Gasteiger partial charge < -0.3 is 9.26 Å². The monoisotopic (exact) mass is 441 g/mol. The maximum atomic E-state index is 12.6. The molecule has 0 aliphatic heterocycles. The summed E-state index contributed by atoms with van der Waals surface area (Å²) < 4.78 is 12.0. The predicted molar refractivity (Wildman–Crippen MR) is 127 cm³/mol. The first kappa shape index (κ1) is 22.5. The lowest BCUT2D eigenvalue weighted by Gasteiger charge is -2.37. The summed E-state index contributed by atoms with van der Waals surface area (Å²) in [7, 11) is 0. The van der Waals surface area contributed by atoms with Gasteiger partial charge in [0.2, 0.25) is 0 Å². The topological polar surface area (TPSA) is 47.6 Å². The van der Waals surface area contributed by atoms with Crippen molar-refractivity contribution >= 4 is 35.0 Å². The van der Waals surface area contributed by atoms with Crippen molar-refractivity contribution in [3.05, 3.63) is 78.4 Å². The lowest BCUT2D eigenvalue weighted by atomic mass is 10.1. The van der Waals surface area contributed by atoms with Gasteiger partial charge in [-0.15, -0.1) is 0 Å². The summed E-state index contributed by atoms with van der Waals surface area (Å²) in [6, 6.07) is 23.0. The van der Waals surface area contributed by atoms with Crippen LogP contribution < -0.4 is 9.61 Å². The minimum Gasteiger partial charge on any atom is -0.460 e. The molecule has 2 atom stereocenters. The zero-order chi connectivity index (χ0) is 21.8. The highest BCUT2D eigenvalue weighted by atomic mass is 32.4. The smallest absolute Gasteiger partial charge is 0.323 e. The molecule has 1 unspecified atom stereocenters. The highest BCUT2D eigenvalue weighted by Crippen LogP contribution is 2.56. The molecular formula is C24H28NO3PS. The summed E-state index contributed by atoms with van der Waals surface area (Å²) in [4.78, 5) is 12.6. The predicted octanol–water partition coefficient (Wildman–Crippen LogP) is 6.05. The van der Waals surface area contributed by atoms with Gasteiger partial charge in [0.1, 0.15) is 18.4 Å².